The second-order valence-corrected chi connectivity index (χ2v) is 8.04. The van der Waals surface area contributed by atoms with Crippen LogP contribution in [0.3, 0.4) is 0 Å². The summed E-state index contributed by atoms with van der Waals surface area (Å²) < 4.78 is 64.5. The van der Waals surface area contributed by atoms with Gasteiger partial charge in [0.2, 0.25) is 0 Å². The molecular weight excluding hydrogens is 443 g/mol. The molecule has 162 valence electrons. The number of carbonyl (C=O) groups is 1. The number of nitrogens with one attached hydrogen (secondary N) is 1. The molecule has 1 fully saturated rings. The Morgan fingerprint density at radius 3 is 2.47 bits per heavy atom. The van der Waals surface area contributed by atoms with E-state index in [9.17, 15) is 26.7 Å². The fourth-order valence-electron chi connectivity index (χ4n) is 3.43. The highest BCUT2D eigenvalue weighted by molar-refractivity contribution is 7.80. The zero-order chi connectivity index (χ0) is 22.0. The van der Waals surface area contributed by atoms with Crippen LogP contribution in [-0.4, -0.2) is 50.1 Å². The molecule has 2 unspecified atom stereocenters. The van der Waals surface area contributed by atoms with E-state index < -0.39 is 28.7 Å². The number of anilines is 1. The van der Waals surface area contributed by atoms with Crippen LogP contribution in [0.25, 0.3) is 0 Å². The minimum absolute atomic E-state index is 0.0439. The van der Waals surface area contributed by atoms with Crippen molar-refractivity contribution in [2.45, 2.75) is 19.5 Å². The fraction of sp³-hybridized carbons (Fsp3) is 0.316. The van der Waals surface area contributed by atoms with Crippen LogP contribution in [0.15, 0.2) is 30.3 Å². The predicted molar refractivity (Wildman–Crippen MR) is 106 cm³/mol. The molecule has 0 saturated carbocycles. The molecule has 1 aliphatic heterocycles. The molecule has 0 bridgehead atoms. The van der Waals surface area contributed by atoms with E-state index >= 15 is 0 Å². The second-order valence-electron chi connectivity index (χ2n) is 6.96. The quantitative estimate of drug-likeness (QED) is 0.695. The molecule has 2 aromatic carbocycles. The Bertz CT molecular complexity index is 972. The largest absolute Gasteiger partial charge is 0.755 e. The van der Waals surface area contributed by atoms with E-state index in [1.807, 2.05) is 0 Å². The van der Waals surface area contributed by atoms with Crippen molar-refractivity contribution >= 4 is 34.5 Å². The molecule has 1 amide bonds. The number of hydrogen-bond acceptors (Lipinski definition) is 4. The summed E-state index contributed by atoms with van der Waals surface area (Å²) in [4.78, 5) is 16.3. The van der Waals surface area contributed by atoms with E-state index in [1.54, 1.807) is 16.7 Å². The highest BCUT2D eigenvalue weighted by Crippen LogP contribution is 2.25. The maximum atomic E-state index is 13.9. The highest BCUT2D eigenvalue weighted by atomic mass is 35.5. The first-order chi connectivity index (χ1) is 14.2. The summed E-state index contributed by atoms with van der Waals surface area (Å²) >= 11 is 3.63. The van der Waals surface area contributed by atoms with Crippen molar-refractivity contribution in [1.29, 1.82) is 0 Å². The minimum atomic E-state index is -2.51. The number of nitrogens with zero attached hydrogens (tertiary/aromatic N) is 2. The van der Waals surface area contributed by atoms with Gasteiger partial charge in [0.05, 0.1) is 10.6 Å². The summed E-state index contributed by atoms with van der Waals surface area (Å²) in [6.07, 6.45) is 0. The molecule has 1 N–H and O–H groups in total. The average Bonchev–Trinajstić information content (AvgIpc) is 2.64. The van der Waals surface area contributed by atoms with Crippen molar-refractivity contribution in [3.8, 4) is 0 Å². The van der Waals surface area contributed by atoms with Crippen LogP contribution in [0.4, 0.5) is 18.9 Å². The normalized spacial score (nSPS) is 18.3. The molecule has 30 heavy (non-hydrogen) atoms. The van der Waals surface area contributed by atoms with Gasteiger partial charge in [-0.3, -0.25) is 13.9 Å². The molecule has 1 aliphatic rings. The molecule has 11 heteroatoms. The van der Waals surface area contributed by atoms with Gasteiger partial charge in [0.1, 0.15) is 17.5 Å². The molecule has 0 radical (unpaired) electrons. The van der Waals surface area contributed by atoms with E-state index in [2.05, 4.69) is 4.72 Å². The first kappa shape index (κ1) is 22.5. The van der Waals surface area contributed by atoms with Gasteiger partial charge in [0.25, 0.3) is 5.91 Å². The van der Waals surface area contributed by atoms with Crippen LogP contribution in [0.2, 0.25) is 5.02 Å². The van der Waals surface area contributed by atoms with Gasteiger partial charge in [-0.2, -0.15) is 0 Å². The Labute approximate surface area is 179 Å². The van der Waals surface area contributed by atoms with Gasteiger partial charge < -0.3 is 14.2 Å². The summed E-state index contributed by atoms with van der Waals surface area (Å²) in [7, 11) is 0. The molecular formula is C19H18ClF3N3O3S-. The molecule has 2 atom stereocenters. The number of halogens is 4. The zero-order valence-corrected chi connectivity index (χ0v) is 17.4. The lowest BCUT2D eigenvalue weighted by Gasteiger charge is -2.40. The van der Waals surface area contributed by atoms with E-state index in [-0.39, 0.29) is 40.3 Å². The van der Waals surface area contributed by atoms with Crippen LogP contribution in [0.5, 0.6) is 0 Å². The van der Waals surface area contributed by atoms with Crippen molar-refractivity contribution < 1.29 is 26.7 Å². The van der Waals surface area contributed by atoms with Crippen molar-refractivity contribution in [2.24, 2.45) is 0 Å². The molecule has 0 spiro atoms. The monoisotopic (exact) mass is 460 g/mol. The molecule has 0 aromatic heterocycles. The molecule has 0 aliphatic carbocycles. The Morgan fingerprint density at radius 2 is 1.90 bits per heavy atom. The third kappa shape index (κ3) is 5.12. The lowest BCUT2D eigenvalue weighted by atomic mass is 10.1. The summed E-state index contributed by atoms with van der Waals surface area (Å²) in [5.41, 5.74) is 0.228. The Balaban J connectivity index is 1.68. The molecule has 3 rings (SSSR count). The number of carbonyl (C=O) groups excluding carboxylic acids is 1. The first-order valence-electron chi connectivity index (χ1n) is 8.98. The number of benzene rings is 2. The van der Waals surface area contributed by atoms with E-state index in [0.717, 1.165) is 0 Å². The average molecular weight is 461 g/mol. The summed E-state index contributed by atoms with van der Waals surface area (Å²) in [5.74, 6) is -3.20. The van der Waals surface area contributed by atoms with Crippen LogP contribution in [-0.2, 0) is 17.8 Å². The van der Waals surface area contributed by atoms with Gasteiger partial charge in [-0.05, 0) is 25.1 Å². The standard InChI is InChI=1S/C19H19ClF3N3O3S/c1-11-9-25(10-15-17(22)6-12(21)7-18(15)23)4-5-26(11)19(27)14-3-2-13(8-16(14)20)24-30(28)29/h2-3,6-8,11,24H,4-5,9-10H2,1H3,(H,28,29)/p-1. The number of piperazine rings is 1. The Morgan fingerprint density at radius 1 is 1.23 bits per heavy atom. The van der Waals surface area contributed by atoms with Crippen LogP contribution < -0.4 is 4.72 Å². The zero-order valence-electron chi connectivity index (χ0n) is 15.8. The number of rotatable bonds is 5. The molecule has 2 aromatic rings. The van der Waals surface area contributed by atoms with Crippen molar-refractivity contribution in [2.75, 3.05) is 24.4 Å². The van der Waals surface area contributed by atoms with Crippen molar-refractivity contribution in [1.82, 2.24) is 9.80 Å². The topological polar surface area (TPSA) is 75.7 Å². The maximum absolute atomic E-state index is 13.9. The number of hydrogen-bond donors (Lipinski definition) is 1. The third-order valence-electron chi connectivity index (χ3n) is 4.86. The van der Waals surface area contributed by atoms with Gasteiger partial charge in [0, 0.05) is 66.9 Å². The number of amides is 1. The van der Waals surface area contributed by atoms with E-state index in [1.165, 1.54) is 18.2 Å². The summed E-state index contributed by atoms with van der Waals surface area (Å²) in [6.45, 7) is 2.77. The van der Waals surface area contributed by atoms with Crippen molar-refractivity contribution in [3.63, 3.8) is 0 Å². The first-order valence-corrected chi connectivity index (χ1v) is 10.4. The van der Waals surface area contributed by atoms with Gasteiger partial charge in [-0.25, -0.2) is 13.2 Å². The summed E-state index contributed by atoms with van der Waals surface area (Å²) in [6, 6.07) is 5.21. The predicted octanol–water partition coefficient (Wildman–Crippen LogP) is 3.31. The van der Waals surface area contributed by atoms with Crippen LogP contribution >= 0.6 is 11.6 Å². The second kappa shape index (κ2) is 9.34. The van der Waals surface area contributed by atoms with Crippen molar-refractivity contribution in [3.05, 3.63) is 63.9 Å². The summed E-state index contributed by atoms with van der Waals surface area (Å²) in [5, 5.41) is 0.0977. The highest BCUT2D eigenvalue weighted by Gasteiger charge is 2.30. The van der Waals surface area contributed by atoms with Crippen LogP contribution in [0.1, 0.15) is 22.8 Å². The minimum Gasteiger partial charge on any atom is -0.755 e. The van der Waals surface area contributed by atoms with Gasteiger partial charge in [-0.1, -0.05) is 11.6 Å². The SMILES string of the molecule is CC1CN(Cc2c(F)cc(F)cc2F)CCN1C(=O)c1ccc(NS(=O)[O-])cc1Cl. The lowest BCUT2D eigenvalue weighted by molar-refractivity contribution is 0.0471. The molecule has 6 nitrogen and oxygen atoms in total. The van der Waals surface area contributed by atoms with Gasteiger partial charge in [0.15, 0.2) is 0 Å². The lowest BCUT2D eigenvalue weighted by Crippen LogP contribution is -2.53. The van der Waals surface area contributed by atoms with E-state index in [4.69, 9.17) is 11.6 Å². The van der Waals surface area contributed by atoms with Gasteiger partial charge >= 0.3 is 0 Å². The van der Waals surface area contributed by atoms with Gasteiger partial charge in [-0.15, -0.1) is 0 Å². The molecule has 1 heterocycles. The Hall–Kier alpha value is -2.14. The van der Waals surface area contributed by atoms with E-state index in [0.29, 0.717) is 31.8 Å². The third-order valence-corrected chi connectivity index (χ3v) is 5.58. The Kier molecular flexibility index (Phi) is 7.02. The fourth-order valence-corrected chi connectivity index (χ4v) is 4.01. The molecule has 1 saturated heterocycles. The smallest absolute Gasteiger partial charge is 0.255 e. The maximum Gasteiger partial charge on any atom is 0.255 e. The van der Waals surface area contributed by atoms with Crippen LogP contribution in [0, 0.1) is 17.5 Å².